The third-order valence-electron chi connectivity index (χ3n) is 1.10. The second kappa shape index (κ2) is 4.25. The fraction of sp³-hybridized carbons (Fsp3) is 0. The Labute approximate surface area is 92.7 Å². The molecule has 1 aromatic rings. The first-order valence-corrected chi connectivity index (χ1v) is 4.43. The summed E-state index contributed by atoms with van der Waals surface area (Å²) in [4.78, 5) is 14.6. The minimum atomic E-state index is -0.498. The van der Waals surface area contributed by atoms with E-state index in [1.54, 1.807) is 0 Å². The van der Waals surface area contributed by atoms with Crippen molar-refractivity contribution in [3.05, 3.63) is 28.0 Å². The van der Waals surface area contributed by atoms with Gasteiger partial charge in [0, 0.05) is 6.20 Å². The second-order valence-electron chi connectivity index (χ2n) is 1.86. The predicted molar refractivity (Wildman–Crippen MR) is 53.7 cm³/mol. The third-order valence-corrected chi connectivity index (χ3v) is 2.19. The lowest BCUT2D eigenvalue weighted by Crippen LogP contribution is -1.98. The van der Waals surface area contributed by atoms with Gasteiger partial charge in [-0.25, -0.2) is 9.78 Å². The smallest absolute Gasteiger partial charge is 0.349 e. The summed E-state index contributed by atoms with van der Waals surface area (Å²) in [7, 11) is 0. The highest BCUT2D eigenvalue weighted by Crippen LogP contribution is 2.20. The Hall–Kier alpha value is -0.0700. The average Bonchev–Trinajstić information content (AvgIpc) is 2.08. The largest absolute Gasteiger partial charge is 0.391 e. The molecule has 0 bridgehead atoms. The lowest BCUT2D eigenvalue weighted by atomic mass is 10.3. The van der Waals surface area contributed by atoms with Crippen molar-refractivity contribution in [1.82, 2.24) is 4.98 Å². The first-order valence-electron chi connectivity index (χ1n) is 2.79. The lowest BCUT2D eigenvalue weighted by Gasteiger charge is -1.97. The number of carbonyl (C=O) groups is 1. The molecular weight excluding hydrogens is 316 g/mol. The van der Waals surface area contributed by atoms with Crippen LogP contribution in [0.3, 0.4) is 0 Å². The van der Waals surface area contributed by atoms with E-state index in [0.717, 1.165) is 0 Å². The highest BCUT2D eigenvalue weighted by atomic mass is 127. The molecule has 0 N–H and O–H groups in total. The molecule has 3 nitrogen and oxygen atoms in total. The summed E-state index contributed by atoms with van der Waals surface area (Å²) in [5, 5.41) is 0.401. The third kappa shape index (κ3) is 2.21. The Balaban J connectivity index is 3.05. The quantitative estimate of drug-likeness (QED) is 0.590. The van der Waals surface area contributed by atoms with E-state index in [4.69, 9.17) is 23.2 Å². The molecule has 0 amide bonds. The Morgan fingerprint density at radius 1 is 1.58 bits per heavy atom. The molecule has 0 fully saturated rings. The molecule has 1 rings (SSSR count). The van der Waals surface area contributed by atoms with E-state index in [2.05, 4.69) is 8.05 Å². The number of rotatable bonds is 1. The van der Waals surface area contributed by atoms with Crippen LogP contribution in [0.25, 0.3) is 0 Å². The predicted octanol–water partition coefficient (Wildman–Crippen LogP) is 2.90. The molecule has 0 aliphatic rings. The zero-order valence-corrected chi connectivity index (χ0v) is 9.22. The molecule has 0 atom stereocenters. The van der Waals surface area contributed by atoms with Gasteiger partial charge in [0.05, 0.1) is 10.6 Å². The van der Waals surface area contributed by atoms with Crippen molar-refractivity contribution in [3.63, 3.8) is 0 Å². The van der Waals surface area contributed by atoms with Gasteiger partial charge in [-0.3, -0.25) is 0 Å². The number of halogens is 3. The van der Waals surface area contributed by atoms with Crippen molar-refractivity contribution in [1.29, 1.82) is 0 Å². The van der Waals surface area contributed by atoms with Crippen LogP contribution in [0.5, 0.6) is 0 Å². The van der Waals surface area contributed by atoms with Crippen molar-refractivity contribution in [2.45, 2.75) is 0 Å². The molecule has 0 saturated heterocycles. The molecule has 0 unspecified atom stereocenters. The van der Waals surface area contributed by atoms with Crippen LogP contribution >= 0.6 is 46.2 Å². The number of hydrogen-bond donors (Lipinski definition) is 0. The summed E-state index contributed by atoms with van der Waals surface area (Å²) in [6.45, 7) is 0. The standard InChI is InChI=1S/C6H2Cl2INO2/c7-4-1-3(6(11)12-9)2-10-5(4)8/h1-2H. The summed E-state index contributed by atoms with van der Waals surface area (Å²) in [6, 6.07) is 1.40. The minimum Gasteiger partial charge on any atom is -0.391 e. The number of nitrogens with zero attached hydrogens (tertiary/aromatic N) is 1. The Bertz CT molecular complexity index is 318. The minimum absolute atomic E-state index is 0.168. The first-order chi connectivity index (χ1) is 5.65. The molecule has 1 heterocycles. The van der Waals surface area contributed by atoms with Crippen LogP contribution in [0.4, 0.5) is 0 Å². The van der Waals surface area contributed by atoms with Gasteiger partial charge in [0.25, 0.3) is 0 Å². The summed E-state index contributed by atoms with van der Waals surface area (Å²) in [6.07, 6.45) is 1.30. The Kier molecular flexibility index (Phi) is 3.54. The van der Waals surface area contributed by atoms with Crippen molar-refractivity contribution < 1.29 is 7.86 Å². The molecular formula is C6H2Cl2INO2. The van der Waals surface area contributed by atoms with Gasteiger partial charge in [0.1, 0.15) is 5.15 Å². The van der Waals surface area contributed by atoms with Crippen molar-refractivity contribution in [2.24, 2.45) is 0 Å². The van der Waals surface area contributed by atoms with Gasteiger partial charge >= 0.3 is 5.97 Å². The SMILES string of the molecule is O=C(OI)c1cnc(Cl)c(Cl)c1. The van der Waals surface area contributed by atoms with Crippen LogP contribution in [0.2, 0.25) is 10.2 Å². The van der Waals surface area contributed by atoms with Gasteiger partial charge in [-0.05, 0) is 6.07 Å². The van der Waals surface area contributed by atoms with Crippen LogP contribution in [-0.2, 0) is 3.07 Å². The Morgan fingerprint density at radius 2 is 2.25 bits per heavy atom. The average molecular weight is 318 g/mol. The van der Waals surface area contributed by atoms with Gasteiger partial charge in [-0.2, -0.15) is 0 Å². The fourth-order valence-corrected chi connectivity index (χ4v) is 1.10. The van der Waals surface area contributed by atoms with Crippen molar-refractivity contribution >= 4 is 52.2 Å². The van der Waals surface area contributed by atoms with Crippen molar-refractivity contribution in [2.75, 3.05) is 0 Å². The molecule has 0 saturated carbocycles. The second-order valence-corrected chi connectivity index (χ2v) is 3.07. The molecule has 0 aliphatic heterocycles. The molecule has 0 aromatic carbocycles. The van der Waals surface area contributed by atoms with E-state index in [9.17, 15) is 4.79 Å². The summed E-state index contributed by atoms with van der Waals surface area (Å²) in [5.41, 5.74) is 0.277. The molecule has 0 spiro atoms. The molecule has 0 aliphatic carbocycles. The molecule has 1 aromatic heterocycles. The Morgan fingerprint density at radius 3 is 2.75 bits per heavy atom. The maximum Gasteiger partial charge on any atom is 0.349 e. The van der Waals surface area contributed by atoms with Crippen LogP contribution in [-0.4, -0.2) is 11.0 Å². The van der Waals surface area contributed by atoms with Gasteiger partial charge in [-0.1, -0.05) is 23.2 Å². The molecule has 6 heteroatoms. The van der Waals surface area contributed by atoms with Gasteiger partial charge in [0.2, 0.25) is 0 Å². The summed E-state index contributed by atoms with van der Waals surface area (Å²) >= 11 is 12.6. The van der Waals surface area contributed by atoms with Crippen LogP contribution in [0, 0.1) is 0 Å². The van der Waals surface area contributed by atoms with Gasteiger partial charge in [-0.15, -0.1) is 0 Å². The molecule has 12 heavy (non-hydrogen) atoms. The molecule has 64 valence electrons. The fourth-order valence-electron chi connectivity index (χ4n) is 0.577. The van der Waals surface area contributed by atoms with E-state index >= 15 is 0 Å². The maximum atomic E-state index is 10.9. The zero-order chi connectivity index (χ0) is 9.14. The topological polar surface area (TPSA) is 39.2 Å². The maximum absolute atomic E-state index is 10.9. The summed E-state index contributed by atoms with van der Waals surface area (Å²) < 4.78 is 4.42. The number of aromatic nitrogens is 1. The van der Waals surface area contributed by atoms with E-state index in [1.807, 2.05) is 0 Å². The van der Waals surface area contributed by atoms with Gasteiger partial charge in [0.15, 0.2) is 23.0 Å². The van der Waals surface area contributed by atoms with Gasteiger partial charge < -0.3 is 3.07 Å². The lowest BCUT2D eigenvalue weighted by molar-refractivity contribution is 0.0800. The van der Waals surface area contributed by atoms with Crippen LogP contribution in [0.1, 0.15) is 10.4 Å². The first kappa shape index (κ1) is 10.0. The van der Waals surface area contributed by atoms with Crippen LogP contribution < -0.4 is 0 Å². The number of pyridine rings is 1. The number of carbonyl (C=O) groups excluding carboxylic acids is 1. The highest BCUT2D eigenvalue weighted by Gasteiger charge is 2.08. The van der Waals surface area contributed by atoms with Crippen LogP contribution in [0.15, 0.2) is 12.3 Å². The normalized spacial score (nSPS) is 9.58. The van der Waals surface area contributed by atoms with E-state index in [0.29, 0.717) is 0 Å². The monoisotopic (exact) mass is 317 g/mol. The van der Waals surface area contributed by atoms with E-state index in [-0.39, 0.29) is 15.7 Å². The van der Waals surface area contributed by atoms with Crippen molar-refractivity contribution in [3.8, 4) is 0 Å². The summed E-state index contributed by atoms with van der Waals surface area (Å²) in [5.74, 6) is -0.498. The zero-order valence-electron chi connectivity index (χ0n) is 5.55. The molecule has 0 radical (unpaired) electrons. The number of hydrogen-bond acceptors (Lipinski definition) is 3. The van der Waals surface area contributed by atoms with E-state index in [1.165, 1.54) is 35.3 Å². The highest BCUT2D eigenvalue weighted by molar-refractivity contribution is 14.1. The van der Waals surface area contributed by atoms with E-state index < -0.39 is 5.97 Å².